The Kier molecular flexibility index (Phi) is 15.7. The molecule has 69 heavy (non-hydrogen) atoms. The molecule has 0 spiro atoms. The molecule has 14 nitrogen and oxygen atoms in total. The fourth-order valence-corrected chi connectivity index (χ4v) is 9.24. The second-order valence-corrected chi connectivity index (χ2v) is 20.7. The molecule has 0 saturated carbocycles. The van der Waals surface area contributed by atoms with Crippen molar-refractivity contribution in [2.24, 2.45) is 17.3 Å². The number of methoxy groups -OCH3 is 1. The van der Waals surface area contributed by atoms with Gasteiger partial charge >= 0.3 is 5.97 Å². The van der Waals surface area contributed by atoms with Crippen molar-refractivity contribution in [1.82, 2.24) is 35.1 Å². The molecule has 2 aromatic carbocycles. The molecule has 7 rings (SSSR count). The number of cyclic esters (lactones) is 1. The predicted molar refractivity (Wildman–Crippen MR) is 264 cm³/mol. The Morgan fingerprint density at radius 1 is 1.09 bits per heavy atom. The molecule has 15 heteroatoms. The Morgan fingerprint density at radius 3 is 2.54 bits per heavy atom. The molecule has 3 aliphatic heterocycles. The second kappa shape index (κ2) is 21.1. The first kappa shape index (κ1) is 51.2. The van der Waals surface area contributed by atoms with Crippen LogP contribution in [0.1, 0.15) is 91.2 Å². The van der Waals surface area contributed by atoms with E-state index in [9.17, 15) is 19.2 Å². The number of pyridine rings is 1. The monoisotopic (exact) mass is 948 g/mol. The number of hydrogen-bond acceptors (Lipinski definition) is 10. The van der Waals surface area contributed by atoms with Crippen LogP contribution >= 0.6 is 0 Å². The Bertz CT molecular complexity index is 2620. The van der Waals surface area contributed by atoms with E-state index in [0.717, 1.165) is 39.0 Å². The summed E-state index contributed by atoms with van der Waals surface area (Å²) in [5.41, 5.74) is 8.78. The highest BCUT2D eigenvalue weighted by atomic mass is 19.1. The quantitative estimate of drug-likeness (QED) is 0.123. The van der Waals surface area contributed by atoms with Gasteiger partial charge in [-0.05, 0) is 132 Å². The fraction of sp³-hybridized carbons (Fsp3) is 0.537. The molecule has 370 valence electrons. The molecule has 1 unspecified atom stereocenters. The number of nitrogens with one attached hydrogen (secondary N) is 2. The highest BCUT2D eigenvalue weighted by molar-refractivity contribution is 5.96. The van der Waals surface area contributed by atoms with Crippen LogP contribution in [0.25, 0.3) is 33.3 Å². The SMILES string of the molecule is CCn1c(-c2cccnc2[C@H](C)OC)c2c3cc(ccc31)-c1cc(F)cc(c1)C[C@H](NC(=O)C(COC1CN(C(=O)C#CC(C)(C)N(C)C)C1)C(C)C)C(=O)N1CCC[C@H](N1)C(=O)OCC(C)(C)C2. The molecule has 2 aromatic heterocycles. The van der Waals surface area contributed by atoms with Crippen LogP contribution in [0, 0.1) is 34.9 Å². The number of halogens is 1. The number of carbonyl (C=O) groups is 4. The van der Waals surface area contributed by atoms with Gasteiger partial charge in [-0.25, -0.2) is 9.82 Å². The predicted octanol–water partition coefficient (Wildman–Crippen LogP) is 6.73. The number of aromatic nitrogens is 2. The summed E-state index contributed by atoms with van der Waals surface area (Å²) < 4.78 is 36.4. The summed E-state index contributed by atoms with van der Waals surface area (Å²) in [6.45, 7) is 17.7. The summed E-state index contributed by atoms with van der Waals surface area (Å²) in [5.74, 6) is 2.87. The summed E-state index contributed by atoms with van der Waals surface area (Å²) >= 11 is 0. The Labute approximate surface area is 406 Å². The first-order chi connectivity index (χ1) is 32.7. The lowest BCUT2D eigenvalue weighted by Gasteiger charge is -2.39. The van der Waals surface area contributed by atoms with Crippen molar-refractivity contribution < 1.29 is 37.8 Å². The van der Waals surface area contributed by atoms with E-state index in [4.69, 9.17) is 19.2 Å². The van der Waals surface area contributed by atoms with Crippen molar-refractivity contribution in [1.29, 1.82) is 0 Å². The van der Waals surface area contributed by atoms with Crippen LogP contribution in [0.3, 0.4) is 0 Å². The van der Waals surface area contributed by atoms with Crippen molar-refractivity contribution in [3.05, 3.63) is 77.4 Å². The van der Waals surface area contributed by atoms with Crippen molar-refractivity contribution in [3.8, 4) is 34.2 Å². The van der Waals surface area contributed by atoms with E-state index in [-0.39, 0.29) is 50.2 Å². The van der Waals surface area contributed by atoms with E-state index in [1.807, 2.05) is 71.8 Å². The Balaban J connectivity index is 1.22. The van der Waals surface area contributed by atoms with Crippen LogP contribution in [0.15, 0.2) is 54.7 Å². The molecule has 3 aliphatic rings. The van der Waals surface area contributed by atoms with Gasteiger partial charge in [0, 0.05) is 67.8 Å². The van der Waals surface area contributed by atoms with E-state index in [0.29, 0.717) is 50.0 Å². The number of ether oxygens (including phenoxy) is 3. The molecule has 4 atom stereocenters. The van der Waals surface area contributed by atoms with Gasteiger partial charge in [-0.2, -0.15) is 0 Å². The van der Waals surface area contributed by atoms with E-state index >= 15 is 4.39 Å². The molecule has 4 aromatic rings. The smallest absolute Gasteiger partial charge is 0.324 e. The van der Waals surface area contributed by atoms with Crippen LogP contribution in [0.2, 0.25) is 0 Å². The van der Waals surface area contributed by atoms with Gasteiger partial charge in [0.25, 0.3) is 11.8 Å². The number of nitrogens with zero attached hydrogens (tertiary/aromatic N) is 5. The molecule has 0 radical (unpaired) electrons. The molecule has 5 heterocycles. The van der Waals surface area contributed by atoms with Crippen LogP contribution in [-0.2, 0) is 52.8 Å². The maximum absolute atomic E-state index is 16.0. The van der Waals surface area contributed by atoms with E-state index in [2.05, 4.69) is 66.1 Å². The van der Waals surface area contributed by atoms with Crippen molar-refractivity contribution >= 4 is 34.6 Å². The van der Waals surface area contributed by atoms with Gasteiger partial charge in [0.15, 0.2) is 0 Å². The minimum absolute atomic E-state index is 0.0286. The van der Waals surface area contributed by atoms with Gasteiger partial charge in [0.05, 0.1) is 48.3 Å². The normalized spacial score (nSPS) is 19.9. The van der Waals surface area contributed by atoms with Gasteiger partial charge < -0.3 is 29.0 Å². The van der Waals surface area contributed by atoms with Crippen molar-refractivity contribution in [3.63, 3.8) is 0 Å². The number of carbonyl (C=O) groups excluding carboxylic acids is 4. The third-order valence-electron chi connectivity index (χ3n) is 14.0. The number of esters is 1. The van der Waals surface area contributed by atoms with Gasteiger partial charge in [-0.15, -0.1) is 0 Å². The first-order valence-electron chi connectivity index (χ1n) is 24.3. The number of benzene rings is 2. The molecular formula is C54H70FN7O7. The summed E-state index contributed by atoms with van der Waals surface area (Å²) in [6.07, 6.45) is 2.67. The molecular weight excluding hydrogens is 878 g/mol. The van der Waals surface area contributed by atoms with Gasteiger partial charge in [0.2, 0.25) is 5.91 Å². The topological polar surface area (TPSA) is 148 Å². The van der Waals surface area contributed by atoms with Gasteiger partial charge in [-0.3, -0.25) is 34.1 Å². The lowest BCUT2D eigenvalue weighted by atomic mass is 9.84. The number of aryl methyl sites for hydroxylation is 1. The lowest BCUT2D eigenvalue weighted by molar-refractivity contribution is -0.155. The maximum Gasteiger partial charge on any atom is 0.324 e. The minimum atomic E-state index is -1.13. The third-order valence-corrected chi connectivity index (χ3v) is 14.0. The molecule has 0 aliphatic carbocycles. The highest BCUT2D eigenvalue weighted by Gasteiger charge is 2.38. The summed E-state index contributed by atoms with van der Waals surface area (Å²) in [4.78, 5) is 64.1. The number of hydrazine groups is 1. The van der Waals surface area contributed by atoms with Crippen LogP contribution < -0.4 is 10.7 Å². The zero-order chi connectivity index (χ0) is 49.9. The molecule has 6 bridgehead atoms. The van der Waals surface area contributed by atoms with Gasteiger partial charge in [0.1, 0.15) is 17.9 Å². The molecule has 2 N–H and O–H groups in total. The molecule has 3 amide bonds. The van der Waals surface area contributed by atoms with E-state index in [1.54, 1.807) is 18.2 Å². The average Bonchev–Trinajstić information content (AvgIpc) is 3.60. The summed E-state index contributed by atoms with van der Waals surface area (Å²) in [7, 11) is 5.48. The third kappa shape index (κ3) is 11.5. The minimum Gasteiger partial charge on any atom is -0.464 e. The van der Waals surface area contributed by atoms with E-state index < -0.39 is 52.6 Å². The maximum atomic E-state index is 16.0. The first-order valence-corrected chi connectivity index (χ1v) is 24.3. The number of rotatable bonds is 11. The number of hydrogen-bond donors (Lipinski definition) is 2. The number of likely N-dealkylation sites (tertiary alicyclic amines) is 1. The molecule has 2 saturated heterocycles. The highest BCUT2D eigenvalue weighted by Crippen LogP contribution is 2.42. The number of amides is 3. The van der Waals surface area contributed by atoms with Crippen molar-refractivity contribution in [2.45, 2.75) is 117 Å². The zero-order valence-corrected chi connectivity index (χ0v) is 42.2. The summed E-state index contributed by atoms with van der Waals surface area (Å²) in [6, 6.07) is 13.0. The van der Waals surface area contributed by atoms with E-state index in [1.165, 1.54) is 17.1 Å². The Morgan fingerprint density at radius 2 is 1.84 bits per heavy atom. The Hall–Kier alpha value is -5.66. The standard InChI is InChI=1S/C54H70FN7O7/c1-12-61-46-18-17-36-27-41(46)42(49(61)40-15-13-21-56-48(40)34(4)67-11)28-53(5,6)32-69-52(66)44-16-14-22-62(58-44)51(65)45(25-35-23-37(36)26-38(55)24-35)57-50(64)43(33(2)3)31-68-39-29-60(30-39)47(63)19-20-54(7,8)59(9)10/h13,15,17-18,21,23-24,26-27,33-34,39,43-45,58H,12,14,16,22,25,28-32H2,1-11H3,(H,57,64)/t34-,43?,44-,45-/m0/s1. The largest absolute Gasteiger partial charge is 0.464 e. The van der Waals surface area contributed by atoms with Crippen LogP contribution in [0.5, 0.6) is 0 Å². The number of fused-ring (bicyclic) bond motifs is 6. The van der Waals surface area contributed by atoms with Crippen LogP contribution in [-0.4, -0.2) is 126 Å². The zero-order valence-electron chi connectivity index (χ0n) is 42.2. The van der Waals surface area contributed by atoms with Crippen LogP contribution in [0.4, 0.5) is 4.39 Å². The summed E-state index contributed by atoms with van der Waals surface area (Å²) in [5, 5.41) is 5.39. The lowest BCUT2D eigenvalue weighted by Crippen LogP contribution is -2.61. The molecule has 2 fully saturated rings. The van der Waals surface area contributed by atoms with Gasteiger partial charge in [-0.1, -0.05) is 45.7 Å². The fourth-order valence-electron chi connectivity index (χ4n) is 9.24. The van der Waals surface area contributed by atoms with Crippen molar-refractivity contribution in [2.75, 3.05) is 54.1 Å². The second-order valence-electron chi connectivity index (χ2n) is 20.7. The average molecular weight is 948 g/mol.